The molecule has 0 aromatic carbocycles. The van der Waals surface area contributed by atoms with E-state index in [0.29, 0.717) is 0 Å². The van der Waals surface area contributed by atoms with Gasteiger partial charge in [0, 0.05) is 12.6 Å². The molecule has 0 aliphatic rings. The van der Waals surface area contributed by atoms with Crippen molar-refractivity contribution in [2.45, 2.75) is 46.0 Å². The lowest BCUT2D eigenvalue weighted by Gasteiger charge is -1.95. The molecule has 1 amide bonds. The Morgan fingerprint density at radius 2 is 1.93 bits per heavy atom. The van der Waals surface area contributed by atoms with Gasteiger partial charge in [-0.25, -0.2) is 0 Å². The number of carbonyl (C=O) groups excluding carboxylic acids is 1. The lowest BCUT2D eigenvalue weighted by Crippen LogP contribution is -2.21. The second-order valence-electron chi connectivity index (χ2n) is 3.57. The molecule has 2 nitrogen and oxygen atoms in total. The molecule has 0 aromatic rings. The molecule has 0 heterocycles. The highest BCUT2D eigenvalue weighted by atomic mass is 16.1. The van der Waals surface area contributed by atoms with Crippen LogP contribution in [0, 0.1) is 0 Å². The van der Waals surface area contributed by atoms with Crippen molar-refractivity contribution >= 4 is 5.91 Å². The number of hydrogen-bond donors (Lipinski definition) is 1. The van der Waals surface area contributed by atoms with E-state index in [1.807, 2.05) is 13.0 Å². The molecule has 0 unspecified atom stereocenters. The molecule has 0 radical (unpaired) electrons. The summed E-state index contributed by atoms with van der Waals surface area (Å²) in [4.78, 5) is 11.1. The van der Waals surface area contributed by atoms with E-state index < -0.39 is 0 Å². The molecule has 0 aromatic heterocycles. The number of allylic oxidation sites excluding steroid dienone is 3. The zero-order chi connectivity index (χ0) is 11.4. The molecule has 1 N–H and O–H groups in total. The van der Waals surface area contributed by atoms with Crippen LogP contribution in [-0.2, 0) is 4.79 Å². The largest absolute Gasteiger partial charge is 0.353 e. The Bertz CT molecular complexity index is 207. The summed E-state index contributed by atoms with van der Waals surface area (Å²) in [6.45, 7) is 4.99. The molecular weight excluding hydrogens is 186 g/mol. The van der Waals surface area contributed by atoms with Crippen LogP contribution < -0.4 is 5.32 Å². The Morgan fingerprint density at radius 3 is 2.60 bits per heavy atom. The van der Waals surface area contributed by atoms with Crippen LogP contribution in [0.3, 0.4) is 0 Å². The Labute approximate surface area is 93.5 Å². The van der Waals surface area contributed by atoms with Crippen LogP contribution in [0.4, 0.5) is 0 Å². The summed E-state index contributed by atoms with van der Waals surface area (Å²) in [6, 6.07) is 0. The molecule has 15 heavy (non-hydrogen) atoms. The van der Waals surface area contributed by atoms with Crippen LogP contribution >= 0.6 is 0 Å². The predicted molar refractivity (Wildman–Crippen MR) is 65.7 cm³/mol. The molecule has 2 heteroatoms. The van der Waals surface area contributed by atoms with Crippen molar-refractivity contribution < 1.29 is 4.79 Å². The van der Waals surface area contributed by atoms with Gasteiger partial charge >= 0.3 is 0 Å². The topological polar surface area (TPSA) is 29.1 Å². The number of unbranched alkanes of at least 4 members (excludes halogenated alkanes) is 3. The van der Waals surface area contributed by atoms with Gasteiger partial charge < -0.3 is 5.32 Å². The lowest BCUT2D eigenvalue weighted by atomic mass is 10.2. The summed E-state index contributed by atoms with van der Waals surface area (Å²) in [6.07, 6.45) is 13.3. The maximum absolute atomic E-state index is 11.1. The highest BCUT2D eigenvalue weighted by Gasteiger charge is 1.89. The van der Waals surface area contributed by atoms with Crippen molar-refractivity contribution in [3.63, 3.8) is 0 Å². The number of hydrogen-bond acceptors (Lipinski definition) is 1. The fourth-order valence-electron chi connectivity index (χ4n) is 1.14. The summed E-state index contributed by atoms with van der Waals surface area (Å²) in [7, 11) is 0. The van der Waals surface area contributed by atoms with E-state index in [1.54, 1.807) is 12.2 Å². The lowest BCUT2D eigenvalue weighted by molar-refractivity contribution is -0.116. The maximum Gasteiger partial charge on any atom is 0.243 e. The quantitative estimate of drug-likeness (QED) is 0.371. The Morgan fingerprint density at radius 1 is 1.13 bits per heavy atom. The average Bonchev–Trinajstić information content (AvgIpc) is 2.25. The second-order valence-corrected chi connectivity index (χ2v) is 3.57. The van der Waals surface area contributed by atoms with Crippen molar-refractivity contribution in [1.82, 2.24) is 5.32 Å². The van der Waals surface area contributed by atoms with Gasteiger partial charge in [0.15, 0.2) is 0 Å². The van der Waals surface area contributed by atoms with Crippen molar-refractivity contribution in [2.24, 2.45) is 0 Å². The van der Waals surface area contributed by atoms with Gasteiger partial charge in [0.2, 0.25) is 5.91 Å². The van der Waals surface area contributed by atoms with Crippen molar-refractivity contribution in [3.8, 4) is 0 Å². The van der Waals surface area contributed by atoms with E-state index in [1.165, 1.54) is 19.3 Å². The SMILES string of the molecule is CCCCC/C=C\C=C\C(=O)NCCC. The minimum atomic E-state index is -0.00458. The average molecular weight is 209 g/mol. The third-order valence-electron chi connectivity index (χ3n) is 2.02. The first-order chi connectivity index (χ1) is 7.31. The summed E-state index contributed by atoms with van der Waals surface area (Å²) < 4.78 is 0. The van der Waals surface area contributed by atoms with Gasteiger partial charge in [-0.3, -0.25) is 4.79 Å². The molecule has 86 valence electrons. The zero-order valence-corrected chi connectivity index (χ0v) is 9.96. The number of amides is 1. The third-order valence-corrected chi connectivity index (χ3v) is 2.02. The fraction of sp³-hybridized carbons (Fsp3) is 0.615. The highest BCUT2D eigenvalue weighted by Crippen LogP contribution is 1.99. The van der Waals surface area contributed by atoms with Gasteiger partial charge in [-0.05, 0) is 19.3 Å². The summed E-state index contributed by atoms with van der Waals surface area (Å²) in [5, 5.41) is 2.78. The first kappa shape index (κ1) is 13.9. The van der Waals surface area contributed by atoms with E-state index in [2.05, 4.69) is 18.3 Å². The maximum atomic E-state index is 11.1. The predicted octanol–water partition coefficient (Wildman–Crippen LogP) is 3.21. The van der Waals surface area contributed by atoms with E-state index in [0.717, 1.165) is 19.4 Å². The zero-order valence-electron chi connectivity index (χ0n) is 9.96. The molecule has 0 saturated heterocycles. The first-order valence-corrected chi connectivity index (χ1v) is 5.92. The smallest absolute Gasteiger partial charge is 0.243 e. The summed E-state index contributed by atoms with van der Waals surface area (Å²) >= 11 is 0. The van der Waals surface area contributed by atoms with Gasteiger partial charge in [-0.1, -0.05) is 44.9 Å². The normalized spacial score (nSPS) is 11.3. The Hall–Kier alpha value is -1.05. The minimum absolute atomic E-state index is 0.00458. The van der Waals surface area contributed by atoms with Gasteiger partial charge in [-0.15, -0.1) is 0 Å². The second kappa shape index (κ2) is 11.0. The van der Waals surface area contributed by atoms with Gasteiger partial charge in [0.1, 0.15) is 0 Å². The molecule has 0 atom stereocenters. The first-order valence-electron chi connectivity index (χ1n) is 5.92. The fourth-order valence-corrected chi connectivity index (χ4v) is 1.14. The molecular formula is C13H23NO. The van der Waals surface area contributed by atoms with Gasteiger partial charge in [-0.2, -0.15) is 0 Å². The van der Waals surface area contributed by atoms with Crippen LogP contribution in [0.1, 0.15) is 46.0 Å². The van der Waals surface area contributed by atoms with Crippen molar-refractivity contribution in [2.75, 3.05) is 6.54 Å². The van der Waals surface area contributed by atoms with Gasteiger partial charge in [0.25, 0.3) is 0 Å². The van der Waals surface area contributed by atoms with Crippen LogP contribution in [0.5, 0.6) is 0 Å². The number of nitrogens with one attached hydrogen (secondary N) is 1. The van der Waals surface area contributed by atoms with E-state index in [-0.39, 0.29) is 5.91 Å². The standard InChI is InChI=1S/C13H23NO/c1-3-5-6-7-8-9-10-11-13(15)14-12-4-2/h8-11H,3-7,12H2,1-2H3,(H,14,15)/b9-8-,11-10+. The van der Waals surface area contributed by atoms with Crippen LogP contribution in [0.2, 0.25) is 0 Å². The van der Waals surface area contributed by atoms with Crippen LogP contribution in [0.15, 0.2) is 24.3 Å². The van der Waals surface area contributed by atoms with E-state index in [4.69, 9.17) is 0 Å². The molecule has 0 spiro atoms. The Balaban J connectivity index is 3.46. The molecule has 0 saturated carbocycles. The molecule has 0 bridgehead atoms. The van der Waals surface area contributed by atoms with E-state index >= 15 is 0 Å². The molecule has 0 aliphatic carbocycles. The number of rotatable bonds is 8. The monoisotopic (exact) mass is 209 g/mol. The van der Waals surface area contributed by atoms with Gasteiger partial charge in [0.05, 0.1) is 0 Å². The Kier molecular flexibility index (Phi) is 10.3. The van der Waals surface area contributed by atoms with Crippen molar-refractivity contribution in [1.29, 1.82) is 0 Å². The van der Waals surface area contributed by atoms with Crippen LogP contribution in [-0.4, -0.2) is 12.5 Å². The van der Waals surface area contributed by atoms with Crippen molar-refractivity contribution in [3.05, 3.63) is 24.3 Å². The van der Waals surface area contributed by atoms with Crippen LogP contribution in [0.25, 0.3) is 0 Å². The number of carbonyl (C=O) groups is 1. The summed E-state index contributed by atoms with van der Waals surface area (Å²) in [5.41, 5.74) is 0. The van der Waals surface area contributed by atoms with E-state index in [9.17, 15) is 4.79 Å². The molecule has 0 rings (SSSR count). The highest BCUT2D eigenvalue weighted by molar-refractivity contribution is 5.87. The minimum Gasteiger partial charge on any atom is -0.353 e. The molecule has 0 fully saturated rings. The third kappa shape index (κ3) is 10.9. The molecule has 0 aliphatic heterocycles. The summed E-state index contributed by atoms with van der Waals surface area (Å²) in [5.74, 6) is -0.00458.